The van der Waals surface area contributed by atoms with E-state index in [-0.39, 0.29) is 42.7 Å². The predicted molar refractivity (Wildman–Crippen MR) is 110 cm³/mol. The summed E-state index contributed by atoms with van der Waals surface area (Å²) in [5, 5.41) is 12.3. The largest absolute Gasteiger partial charge is 0.396 e. The zero-order chi connectivity index (χ0) is 16.9. The van der Waals surface area contributed by atoms with Crippen molar-refractivity contribution in [1.82, 2.24) is 4.90 Å². The molecule has 2 atom stereocenters. The minimum Gasteiger partial charge on any atom is -0.396 e. The molecule has 1 aliphatic heterocycles. The summed E-state index contributed by atoms with van der Waals surface area (Å²) >= 11 is 0. The first-order valence-electron chi connectivity index (χ1n) is 9.12. The maximum atomic E-state index is 12.3. The second kappa shape index (κ2) is 11.1. The molecule has 148 valence electrons. The van der Waals surface area contributed by atoms with Crippen molar-refractivity contribution in [3.8, 4) is 0 Å². The SMILES string of the molecule is Cl.Cl.NC1CCC(C(=O)Nc2cccc(CN3CCC(CO)CC3)c2)C1. The van der Waals surface area contributed by atoms with Crippen molar-refractivity contribution in [2.75, 3.05) is 25.0 Å². The number of amides is 1. The van der Waals surface area contributed by atoms with E-state index in [1.165, 1.54) is 5.56 Å². The molecule has 0 aromatic heterocycles. The van der Waals surface area contributed by atoms with Gasteiger partial charge in [-0.25, -0.2) is 0 Å². The lowest BCUT2D eigenvalue weighted by Gasteiger charge is -2.31. The lowest BCUT2D eigenvalue weighted by Crippen LogP contribution is -2.34. The summed E-state index contributed by atoms with van der Waals surface area (Å²) in [7, 11) is 0. The van der Waals surface area contributed by atoms with Gasteiger partial charge in [0.05, 0.1) is 0 Å². The number of halogens is 2. The number of nitrogens with zero attached hydrogens (tertiary/aromatic N) is 1. The van der Waals surface area contributed by atoms with Crippen LogP contribution in [0.15, 0.2) is 24.3 Å². The summed E-state index contributed by atoms with van der Waals surface area (Å²) in [5.41, 5.74) is 8.00. The molecule has 1 aliphatic carbocycles. The Bertz CT molecular complexity index is 565. The Morgan fingerprint density at radius 2 is 1.92 bits per heavy atom. The maximum absolute atomic E-state index is 12.3. The molecule has 0 radical (unpaired) electrons. The van der Waals surface area contributed by atoms with Crippen LogP contribution >= 0.6 is 24.8 Å². The van der Waals surface area contributed by atoms with Crippen LogP contribution in [0.5, 0.6) is 0 Å². The molecule has 1 heterocycles. The summed E-state index contributed by atoms with van der Waals surface area (Å²) < 4.78 is 0. The molecule has 1 aromatic rings. The van der Waals surface area contributed by atoms with Crippen LogP contribution in [0.1, 0.15) is 37.7 Å². The number of piperidine rings is 1. The maximum Gasteiger partial charge on any atom is 0.227 e. The van der Waals surface area contributed by atoms with Crippen LogP contribution in [0.25, 0.3) is 0 Å². The van der Waals surface area contributed by atoms with Crippen LogP contribution in [0.4, 0.5) is 5.69 Å². The molecule has 0 bridgehead atoms. The predicted octanol–water partition coefficient (Wildman–Crippen LogP) is 2.80. The first-order valence-corrected chi connectivity index (χ1v) is 9.12. The van der Waals surface area contributed by atoms with Crippen molar-refractivity contribution >= 4 is 36.4 Å². The van der Waals surface area contributed by atoms with Crippen LogP contribution in [0, 0.1) is 11.8 Å². The fourth-order valence-electron chi connectivity index (χ4n) is 3.83. The topological polar surface area (TPSA) is 78.6 Å². The molecule has 1 saturated heterocycles. The third-order valence-corrected chi connectivity index (χ3v) is 5.41. The number of benzene rings is 1. The van der Waals surface area contributed by atoms with E-state index in [0.29, 0.717) is 12.5 Å². The van der Waals surface area contributed by atoms with E-state index in [4.69, 9.17) is 5.73 Å². The highest BCUT2D eigenvalue weighted by Gasteiger charge is 2.27. The Kier molecular flexibility index (Phi) is 9.90. The van der Waals surface area contributed by atoms with Gasteiger partial charge in [-0.1, -0.05) is 12.1 Å². The standard InChI is InChI=1S/C19H29N3O2.2ClH/c20-17-5-4-16(11-17)19(24)21-18-3-1-2-15(10-18)12-22-8-6-14(13-23)7-9-22;;/h1-3,10,14,16-17,23H,4-9,11-13,20H2,(H,21,24);2*1H. The van der Waals surface area contributed by atoms with Gasteiger partial charge in [0.2, 0.25) is 5.91 Å². The van der Waals surface area contributed by atoms with Crippen molar-refractivity contribution in [3.63, 3.8) is 0 Å². The Morgan fingerprint density at radius 3 is 2.54 bits per heavy atom. The molecule has 4 N–H and O–H groups in total. The number of nitrogens with two attached hydrogens (primary N) is 1. The van der Waals surface area contributed by atoms with Crippen molar-refractivity contribution < 1.29 is 9.90 Å². The molecule has 2 aliphatic rings. The summed E-state index contributed by atoms with van der Waals surface area (Å²) in [6.07, 6.45) is 4.77. The van der Waals surface area contributed by atoms with Gasteiger partial charge in [0.15, 0.2) is 0 Å². The quantitative estimate of drug-likeness (QED) is 0.705. The van der Waals surface area contributed by atoms with Crippen LogP contribution in [-0.2, 0) is 11.3 Å². The monoisotopic (exact) mass is 403 g/mol. The second-order valence-electron chi connectivity index (χ2n) is 7.36. The second-order valence-corrected chi connectivity index (χ2v) is 7.36. The van der Waals surface area contributed by atoms with Crippen LogP contribution < -0.4 is 11.1 Å². The highest BCUT2D eigenvalue weighted by Crippen LogP contribution is 2.26. The number of carbonyl (C=O) groups is 1. The number of nitrogens with one attached hydrogen (secondary N) is 1. The van der Waals surface area contributed by atoms with Gasteiger partial charge >= 0.3 is 0 Å². The Hall–Kier alpha value is -0.850. The summed E-state index contributed by atoms with van der Waals surface area (Å²) in [6, 6.07) is 8.32. The van der Waals surface area contributed by atoms with Crippen LogP contribution in [-0.4, -0.2) is 41.7 Å². The molecule has 2 unspecified atom stereocenters. The Morgan fingerprint density at radius 1 is 1.19 bits per heavy atom. The van der Waals surface area contributed by atoms with Crippen LogP contribution in [0.3, 0.4) is 0 Å². The number of hydrogen-bond acceptors (Lipinski definition) is 4. The normalized spacial score (nSPS) is 23.8. The molecule has 0 spiro atoms. The van der Waals surface area contributed by atoms with Crippen molar-refractivity contribution in [3.05, 3.63) is 29.8 Å². The zero-order valence-corrected chi connectivity index (χ0v) is 16.7. The fourth-order valence-corrected chi connectivity index (χ4v) is 3.83. The summed E-state index contributed by atoms with van der Waals surface area (Å²) in [6.45, 7) is 3.26. The lowest BCUT2D eigenvalue weighted by molar-refractivity contribution is -0.119. The van der Waals surface area contributed by atoms with Crippen molar-refractivity contribution in [2.45, 2.75) is 44.7 Å². The van der Waals surface area contributed by atoms with E-state index in [1.807, 2.05) is 12.1 Å². The molecular formula is C19H31Cl2N3O2. The van der Waals surface area contributed by atoms with Gasteiger partial charge in [-0.15, -0.1) is 24.8 Å². The van der Waals surface area contributed by atoms with E-state index >= 15 is 0 Å². The van der Waals surface area contributed by atoms with E-state index in [0.717, 1.165) is 57.4 Å². The van der Waals surface area contributed by atoms with Crippen molar-refractivity contribution in [1.29, 1.82) is 0 Å². The van der Waals surface area contributed by atoms with E-state index in [2.05, 4.69) is 22.3 Å². The van der Waals surface area contributed by atoms with Crippen LogP contribution in [0.2, 0.25) is 0 Å². The van der Waals surface area contributed by atoms with Gasteiger partial charge in [0.25, 0.3) is 0 Å². The molecular weight excluding hydrogens is 373 g/mol. The number of carbonyl (C=O) groups excluding carboxylic acids is 1. The highest BCUT2D eigenvalue weighted by molar-refractivity contribution is 5.92. The smallest absolute Gasteiger partial charge is 0.227 e. The first kappa shape index (κ1) is 23.2. The van der Waals surface area contributed by atoms with Gasteiger partial charge in [-0.3, -0.25) is 9.69 Å². The minimum absolute atomic E-state index is 0. The highest BCUT2D eigenvalue weighted by atomic mass is 35.5. The van der Waals surface area contributed by atoms with E-state index in [1.54, 1.807) is 0 Å². The molecule has 2 fully saturated rings. The molecule has 1 aromatic carbocycles. The number of hydrogen-bond donors (Lipinski definition) is 3. The Labute approximate surface area is 168 Å². The zero-order valence-electron chi connectivity index (χ0n) is 15.1. The van der Waals surface area contributed by atoms with Gasteiger partial charge in [0.1, 0.15) is 0 Å². The number of likely N-dealkylation sites (tertiary alicyclic amines) is 1. The molecule has 5 nitrogen and oxygen atoms in total. The van der Waals surface area contributed by atoms with Gasteiger partial charge in [0, 0.05) is 30.8 Å². The molecule has 3 rings (SSSR count). The third kappa shape index (κ3) is 6.39. The number of aliphatic hydroxyl groups is 1. The lowest BCUT2D eigenvalue weighted by atomic mass is 9.97. The van der Waals surface area contributed by atoms with E-state index < -0.39 is 0 Å². The number of aliphatic hydroxyl groups excluding tert-OH is 1. The fraction of sp³-hybridized carbons (Fsp3) is 0.632. The third-order valence-electron chi connectivity index (χ3n) is 5.41. The molecule has 7 heteroatoms. The first-order chi connectivity index (χ1) is 11.6. The average Bonchev–Trinajstić information content (AvgIpc) is 3.02. The van der Waals surface area contributed by atoms with Gasteiger partial charge in [-0.05, 0) is 68.8 Å². The van der Waals surface area contributed by atoms with E-state index in [9.17, 15) is 9.90 Å². The number of anilines is 1. The molecule has 1 amide bonds. The molecule has 26 heavy (non-hydrogen) atoms. The average molecular weight is 404 g/mol. The molecule has 1 saturated carbocycles. The summed E-state index contributed by atoms with van der Waals surface area (Å²) in [4.78, 5) is 14.7. The van der Waals surface area contributed by atoms with Crippen molar-refractivity contribution in [2.24, 2.45) is 17.6 Å². The van der Waals surface area contributed by atoms with Gasteiger partial charge < -0.3 is 16.2 Å². The number of rotatable bonds is 5. The van der Waals surface area contributed by atoms with Gasteiger partial charge in [-0.2, -0.15) is 0 Å². The summed E-state index contributed by atoms with van der Waals surface area (Å²) in [5.74, 6) is 0.620. The minimum atomic E-state index is 0. The Balaban J connectivity index is 0.00000169.